The summed E-state index contributed by atoms with van der Waals surface area (Å²) in [5.74, 6) is 1.03. The molecule has 1 fully saturated rings. The first-order valence-electron chi connectivity index (χ1n) is 5.74. The number of carbonyl (C=O) groups is 1. The van der Waals surface area contributed by atoms with E-state index in [-0.39, 0.29) is 11.9 Å². The minimum atomic E-state index is -0.343. The number of thioether (sulfide) groups is 1. The van der Waals surface area contributed by atoms with Crippen molar-refractivity contribution in [2.75, 3.05) is 32.3 Å². The average Bonchev–Trinajstić information content (AvgIpc) is 3.10. The van der Waals surface area contributed by atoms with Crippen LogP contribution in [-0.4, -0.2) is 55.2 Å². The van der Waals surface area contributed by atoms with Gasteiger partial charge in [-0.1, -0.05) is 0 Å². The molecule has 0 spiro atoms. The minimum absolute atomic E-state index is 0.0913. The molecule has 4 nitrogen and oxygen atoms in total. The Morgan fingerprint density at radius 2 is 2.31 bits per heavy atom. The smallest absolute Gasteiger partial charge is 0.239 e. The quantitative estimate of drug-likeness (QED) is 0.685. The molecule has 1 rings (SSSR count). The molecule has 0 aliphatic heterocycles. The van der Waals surface area contributed by atoms with Crippen LogP contribution in [0.3, 0.4) is 0 Å². The van der Waals surface area contributed by atoms with Gasteiger partial charge in [0, 0.05) is 19.7 Å². The lowest BCUT2D eigenvalue weighted by Gasteiger charge is -2.25. The third kappa shape index (κ3) is 4.31. The van der Waals surface area contributed by atoms with Gasteiger partial charge in [0.15, 0.2) is 0 Å². The van der Waals surface area contributed by atoms with Gasteiger partial charge in [0.2, 0.25) is 5.91 Å². The summed E-state index contributed by atoms with van der Waals surface area (Å²) >= 11 is 1.73. The van der Waals surface area contributed by atoms with E-state index in [2.05, 4.69) is 0 Å². The van der Waals surface area contributed by atoms with Gasteiger partial charge in [-0.15, -0.1) is 0 Å². The maximum Gasteiger partial charge on any atom is 0.239 e. The van der Waals surface area contributed by atoms with E-state index in [4.69, 9.17) is 10.5 Å². The first kappa shape index (κ1) is 13.8. The zero-order valence-corrected chi connectivity index (χ0v) is 11.0. The maximum atomic E-state index is 12.1. The second-order valence-corrected chi connectivity index (χ2v) is 5.13. The van der Waals surface area contributed by atoms with Gasteiger partial charge < -0.3 is 15.4 Å². The molecule has 0 unspecified atom stereocenters. The van der Waals surface area contributed by atoms with Crippen LogP contribution >= 0.6 is 11.8 Å². The van der Waals surface area contributed by atoms with Crippen molar-refractivity contribution in [1.82, 2.24) is 4.90 Å². The van der Waals surface area contributed by atoms with Gasteiger partial charge in [0.05, 0.1) is 12.6 Å². The fourth-order valence-corrected chi connectivity index (χ4v) is 2.12. The molecule has 0 radical (unpaired) electrons. The fraction of sp³-hybridized carbons (Fsp3) is 0.909. The Morgan fingerprint density at radius 1 is 1.62 bits per heavy atom. The molecule has 1 atom stereocenters. The van der Waals surface area contributed by atoms with Gasteiger partial charge in [-0.05, 0) is 31.3 Å². The molecule has 16 heavy (non-hydrogen) atoms. The summed E-state index contributed by atoms with van der Waals surface area (Å²) in [5.41, 5.74) is 5.90. The molecule has 1 aliphatic rings. The second-order valence-electron chi connectivity index (χ2n) is 4.14. The summed E-state index contributed by atoms with van der Waals surface area (Å²) in [6, 6.07) is 0.0767. The van der Waals surface area contributed by atoms with Crippen LogP contribution in [0.5, 0.6) is 0 Å². The second kappa shape index (κ2) is 7.14. The number of rotatable bonds is 8. The highest BCUT2D eigenvalue weighted by Gasteiger charge is 2.34. The highest BCUT2D eigenvalue weighted by atomic mass is 32.2. The lowest BCUT2D eigenvalue weighted by Crippen LogP contribution is -2.46. The molecule has 0 saturated heterocycles. The molecule has 5 heteroatoms. The Labute approximate surface area is 102 Å². The Hall–Kier alpha value is -0.260. The lowest BCUT2D eigenvalue weighted by atomic mass is 10.2. The molecule has 0 aromatic carbocycles. The Bertz CT molecular complexity index is 222. The zero-order valence-electron chi connectivity index (χ0n) is 10.1. The lowest BCUT2D eigenvalue weighted by molar-refractivity contribution is -0.133. The Kier molecular flexibility index (Phi) is 6.16. The van der Waals surface area contributed by atoms with Crippen molar-refractivity contribution in [2.45, 2.75) is 31.3 Å². The van der Waals surface area contributed by atoms with Crippen molar-refractivity contribution in [2.24, 2.45) is 5.73 Å². The number of carbonyl (C=O) groups excluding carboxylic acids is 1. The van der Waals surface area contributed by atoms with Crippen LogP contribution in [0.1, 0.15) is 19.3 Å². The molecule has 0 aromatic rings. The molecule has 1 saturated carbocycles. The SMILES string of the molecule is COCCN(C(=O)[C@H](N)CCSC)C1CC1. The van der Waals surface area contributed by atoms with Crippen molar-refractivity contribution in [1.29, 1.82) is 0 Å². The molecule has 0 heterocycles. The molecule has 1 amide bonds. The van der Waals surface area contributed by atoms with Gasteiger partial charge in [0.25, 0.3) is 0 Å². The van der Waals surface area contributed by atoms with E-state index < -0.39 is 0 Å². The van der Waals surface area contributed by atoms with E-state index >= 15 is 0 Å². The summed E-state index contributed by atoms with van der Waals surface area (Å²) in [6.45, 7) is 1.27. The normalized spacial score (nSPS) is 17.2. The summed E-state index contributed by atoms with van der Waals surface area (Å²) in [5, 5.41) is 0. The zero-order chi connectivity index (χ0) is 12.0. The van der Waals surface area contributed by atoms with Gasteiger partial charge in [-0.3, -0.25) is 4.79 Å². The molecule has 94 valence electrons. The third-order valence-corrected chi connectivity index (χ3v) is 3.40. The molecule has 0 bridgehead atoms. The topological polar surface area (TPSA) is 55.6 Å². The van der Waals surface area contributed by atoms with E-state index in [1.54, 1.807) is 18.9 Å². The number of nitrogens with zero attached hydrogens (tertiary/aromatic N) is 1. The van der Waals surface area contributed by atoms with Crippen LogP contribution in [-0.2, 0) is 9.53 Å². The predicted molar refractivity (Wildman–Crippen MR) is 67.6 cm³/mol. The number of ether oxygens (including phenoxy) is 1. The highest BCUT2D eigenvalue weighted by molar-refractivity contribution is 7.98. The van der Waals surface area contributed by atoms with Crippen molar-refractivity contribution in [3.63, 3.8) is 0 Å². The Balaban J connectivity index is 2.39. The van der Waals surface area contributed by atoms with Crippen LogP contribution < -0.4 is 5.73 Å². The van der Waals surface area contributed by atoms with Crippen LogP contribution in [0.15, 0.2) is 0 Å². The first-order valence-corrected chi connectivity index (χ1v) is 7.14. The Morgan fingerprint density at radius 3 is 2.81 bits per heavy atom. The summed E-state index contributed by atoms with van der Waals surface area (Å²) in [7, 11) is 1.66. The summed E-state index contributed by atoms with van der Waals surface area (Å²) in [4.78, 5) is 14.0. The molecular formula is C11H22N2O2S. The van der Waals surface area contributed by atoms with Crippen molar-refractivity contribution >= 4 is 17.7 Å². The van der Waals surface area contributed by atoms with Crippen LogP contribution in [0.25, 0.3) is 0 Å². The van der Waals surface area contributed by atoms with E-state index in [9.17, 15) is 4.79 Å². The average molecular weight is 246 g/mol. The fourth-order valence-electron chi connectivity index (χ4n) is 1.63. The van der Waals surface area contributed by atoms with Gasteiger partial charge in [-0.2, -0.15) is 11.8 Å². The number of methoxy groups -OCH3 is 1. The van der Waals surface area contributed by atoms with Gasteiger partial charge in [0.1, 0.15) is 0 Å². The van der Waals surface area contributed by atoms with Crippen molar-refractivity contribution in [3.05, 3.63) is 0 Å². The number of hydrogen-bond acceptors (Lipinski definition) is 4. The summed E-state index contributed by atoms with van der Waals surface area (Å²) in [6.07, 6.45) is 5.02. The van der Waals surface area contributed by atoms with Crippen LogP contribution in [0, 0.1) is 0 Å². The van der Waals surface area contributed by atoms with Gasteiger partial charge >= 0.3 is 0 Å². The van der Waals surface area contributed by atoms with Crippen LogP contribution in [0.4, 0.5) is 0 Å². The number of hydrogen-bond donors (Lipinski definition) is 1. The van der Waals surface area contributed by atoms with E-state index in [0.29, 0.717) is 19.2 Å². The summed E-state index contributed by atoms with van der Waals surface area (Å²) < 4.78 is 5.02. The third-order valence-electron chi connectivity index (χ3n) is 2.76. The van der Waals surface area contributed by atoms with E-state index in [0.717, 1.165) is 25.0 Å². The molecule has 2 N–H and O–H groups in total. The maximum absolute atomic E-state index is 12.1. The molecule has 0 aromatic heterocycles. The molecular weight excluding hydrogens is 224 g/mol. The predicted octanol–water partition coefficient (Wildman–Crippen LogP) is 0.704. The monoisotopic (exact) mass is 246 g/mol. The van der Waals surface area contributed by atoms with Crippen molar-refractivity contribution < 1.29 is 9.53 Å². The van der Waals surface area contributed by atoms with Crippen LogP contribution in [0.2, 0.25) is 0 Å². The molecule has 1 aliphatic carbocycles. The van der Waals surface area contributed by atoms with E-state index in [1.165, 1.54) is 0 Å². The number of amides is 1. The van der Waals surface area contributed by atoms with Gasteiger partial charge in [-0.25, -0.2) is 0 Å². The highest BCUT2D eigenvalue weighted by Crippen LogP contribution is 2.27. The standard InChI is InChI=1S/C11H22N2O2S/c1-15-7-6-13(9-3-4-9)11(14)10(12)5-8-16-2/h9-10H,3-8,12H2,1-2H3/t10-/m1/s1. The largest absolute Gasteiger partial charge is 0.383 e. The van der Waals surface area contributed by atoms with E-state index in [1.807, 2.05) is 11.2 Å². The van der Waals surface area contributed by atoms with Crippen molar-refractivity contribution in [3.8, 4) is 0 Å². The first-order chi connectivity index (χ1) is 7.70. The minimum Gasteiger partial charge on any atom is -0.383 e. The number of nitrogens with two attached hydrogens (primary N) is 1.